The number of benzene rings is 2. The summed E-state index contributed by atoms with van der Waals surface area (Å²) >= 11 is 3.42. The highest BCUT2D eigenvalue weighted by Gasteiger charge is 2.30. The van der Waals surface area contributed by atoms with Crippen LogP contribution in [0.5, 0.6) is 11.5 Å². The van der Waals surface area contributed by atoms with Crippen molar-refractivity contribution in [2.45, 2.75) is 12.3 Å². The summed E-state index contributed by atoms with van der Waals surface area (Å²) in [7, 11) is 1.50. The maximum Gasteiger partial charge on any atom is 0.226 e. The number of halogens is 1. The first kappa shape index (κ1) is 16.7. The van der Waals surface area contributed by atoms with E-state index in [1.54, 1.807) is 23.0 Å². The number of phenolic OH excluding ortho intramolecular Hbond substituents is 1. The molecule has 0 bridgehead atoms. The van der Waals surface area contributed by atoms with Gasteiger partial charge < -0.3 is 15.2 Å². The first-order valence-corrected chi connectivity index (χ1v) is 8.86. The molecule has 0 fully saturated rings. The quantitative estimate of drug-likeness (QED) is 0.683. The van der Waals surface area contributed by atoms with Gasteiger partial charge in [0.2, 0.25) is 5.91 Å². The molecular formula is C19H16BrN3O3. The van der Waals surface area contributed by atoms with Crippen LogP contribution >= 0.6 is 15.9 Å². The van der Waals surface area contributed by atoms with Crippen LogP contribution in [0, 0.1) is 0 Å². The van der Waals surface area contributed by atoms with Gasteiger partial charge in [-0.25, -0.2) is 4.68 Å². The van der Waals surface area contributed by atoms with Gasteiger partial charge in [-0.3, -0.25) is 4.79 Å². The zero-order valence-corrected chi connectivity index (χ0v) is 15.5. The van der Waals surface area contributed by atoms with Crippen molar-refractivity contribution in [2.75, 3.05) is 12.4 Å². The molecule has 7 heteroatoms. The minimum absolute atomic E-state index is 0.0716. The Morgan fingerprint density at radius 1 is 1.27 bits per heavy atom. The third-order valence-electron chi connectivity index (χ3n) is 4.50. The molecule has 26 heavy (non-hydrogen) atoms. The summed E-state index contributed by atoms with van der Waals surface area (Å²) in [4.78, 5) is 12.3. The molecule has 1 aliphatic heterocycles. The van der Waals surface area contributed by atoms with Crippen molar-refractivity contribution >= 4 is 27.7 Å². The molecule has 0 saturated carbocycles. The summed E-state index contributed by atoms with van der Waals surface area (Å²) in [6.45, 7) is 0. The van der Waals surface area contributed by atoms with Gasteiger partial charge in [-0.15, -0.1) is 0 Å². The summed E-state index contributed by atoms with van der Waals surface area (Å²) in [5.41, 5.74) is 2.69. The van der Waals surface area contributed by atoms with E-state index in [2.05, 4.69) is 26.3 Å². The fourth-order valence-corrected chi connectivity index (χ4v) is 3.47. The fourth-order valence-electron chi connectivity index (χ4n) is 3.21. The molecule has 6 nitrogen and oxygen atoms in total. The van der Waals surface area contributed by atoms with Crippen LogP contribution in [-0.2, 0) is 4.79 Å². The molecule has 1 amide bonds. The number of nitrogens with zero attached hydrogens (tertiary/aromatic N) is 2. The van der Waals surface area contributed by atoms with Gasteiger partial charge in [-0.05, 0) is 42.0 Å². The number of methoxy groups -OCH3 is 1. The SMILES string of the molecule is COc1cc([C@@H]2CC(=O)Nc3c2cnn3-c2ccc(Br)cc2)ccc1O. The van der Waals surface area contributed by atoms with Gasteiger partial charge in [0.05, 0.1) is 19.0 Å². The van der Waals surface area contributed by atoms with Crippen molar-refractivity contribution in [1.29, 1.82) is 0 Å². The molecule has 0 aliphatic carbocycles. The molecule has 4 rings (SSSR count). The topological polar surface area (TPSA) is 76.4 Å². The first-order chi connectivity index (χ1) is 12.6. The first-order valence-electron chi connectivity index (χ1n) is 8.07. The zero-order chi connectivity index (χ0) is 18.3. The Bertz CT molecular complexity index is 982. The van der Waals surface area contributed by atoms with Crippen LogP contribution in [0.4, 0.5) is 5.82 Å². The molecule has 132 valence electrons. The number of fused-ring (bicyclic) bond motifs is 1. The second-order valence-electron chi connectivity index (χ2n) is 6.07. The Balaban J connectivity index is 1.80. The molecule has 0 unspecified atom stereocenters. The predicted molar refractivity (Wildman–Crippen MR) is 101 cm³/mol. The second-order valence-corrected chi connectivity index (χ2v) is 6.99. The molecule has 2 heterocycles. The molecule has 2 aromatic carbocycles. The van der Waals surface area contributed by atoms with E-state index in [1.807, 2.05) is 30.3 Å². The number of carbonyl (C=O) groups is 1. The molecule has 0 saturated heterocycles. The molecule has 2 N–H and O–H groups in total. The Hall–Kier alpha value is -2.80. The number of aromatic nitrogens is 2. The summed E-state index contributed by atoms with van der Waals surface area (Å²) in [5.74, 6) is 0.893. The maximum atomic E-state index is 12.3. The van der Waals surface area contributed by atoms with Gasteiger partial charge >= 0.3 is 0 Å². The third kappa shape index (κ3) is 2.84. The van der Waals surface area contributed by atoms with Crippen molar-refractivity contribution < 1.29 is 14.6 Å². The van der Waals surface area contributed by atoms with E-state index in [9.17, 15) is 9.90 Å². The molecular weight excluding hydrogens is 398 g/mol. The molecule has 1 atom stereocenters. The van der Waals surface area contributed by atoms with Crippen molar-refractivity contribution in [3.8, 4) is 17.2 Å². The average Bonchev–Trinajstić information content (AvgIpc) is 3.06. The second kappa shape index (κ2) is 6.49. The number of carbonyl (C=O) groups excluding carboxylic acids is 1. The van der Waals surface area contributed by atoms with Crippen LogP contribution < -0.4 is 10.1 Å². The summed E-state index contributed by atoms with van der Waals surface area (Å²) in [6, 6.07) is 12.9. The fraction of sp³-hybridized carbons (Fsp3) is 0.158. The zero-order valence-electron chi connectivity index (χ0n) is 13.9. The van der Waals surface area contributed by atoms with Crippen molar-refractivity contribution in [2.24, 2.45) is 0 Å². The number of rotatable bonds is 3. The lowest BCUT2D eigenvalue weighted by Crippen LogP contribution is -2.24. The van der Waals surface area contributed by atoms with Crippen molar-refractivity contribution in [1.82, 2.24) is 9.78 Å². The number of ether oxygens (including phenoxy) is 1. The highest BCUT2D eigenvalue weighted by Crippen LogP contribution is 2.40. The van der Waals surface area contributed by atoms with Gasteiger partial charge in [0.1, 0.15) is 5.82 Å². The summed E-state index contributed by atoms with van der Waals surface area (Å²) in [6.07, 6.45) is 2.09. The normalized spacial score (nSPS) is 16.1. The Morgan fingerprint density at radius 2 is 2.04 bits per heavy atom. The number of hydrogen-bond acceptors (Lipinski definition) is 4. The number of nitrogens with one attached hydrogen (secondary N) is 1. The Labute approximate surface area is 158 Å². The Kier molecular flexibility index (Phi) is 4.16. The van der Waals surface area contributed by atoms with Gasteiger partial charge in [0, 0.05) is 22.4 Å². The number of amides is 1. The standard InChI is InChI=1S/C19H16BrN3O3/c1-26-17-8-11(2-7-16(17)24)14-9-18(25)22-19-15(14)10-21-23(19)13-5-3-12(20)4-6-13/h2-8,10,14,24H,9H2,1H3,(H,22,25)/t14-/m0/s1. The highest BCUT2D eigenvalue weighted by atomic mass is 79.9. The van der Waals surface area contributed by atoms with Crippen LogP contribution in [-0.4, -0.2) is 27.9 Å². The number of phenols is 1. The highest BCUT2D eigenvalue weighted by molar-refractivity contribution is 9.10. The van der Waals surface area contributed by atoms with E-state index in [-0.39, 0.29) is 17.6 Å². The smallest absolute Gasteiger partial charge is 0.226 e. The molecule has 1 aromatic heterocycles. The number of anilines is 1. The van der Waals surface area contributed by atoms with E-state index >= 15 is 0 Å². The Morgan fingerprint density at radius 3 is 2.77 bits per heavy atom. The van der Waals surface area contributed by atoms with Gasteiger partial charge in [-0.1, -0.05) is 22.0 Å². The third-order valence-corrected chi connectivity index (χ3v) is 5.03. The summed E-state index contributed by atoms with van der Waals surface area (Å²) in [5, 5.41) is 17.2. The van der Waals surface area contributed by atoms with Crippen LogP contribution in [0.15, 0.2) is 53.1 Å². The van der Waals surface area contributed by atoms with Crippen molar-refractivity contribution in [3.05, 3.63) is 64.3 Å². The van der Waals surface area contributed by atoms with E-state index < -0.39 is 0 Å². The average molecular weight is 414 g/mol. The number of hydrogen-bond donors (Lipinski definition) is 2. The van der Waals surface area contributed by atoms with Gasteiger partial charge in [0.25, 0.3) is 0 Å². The molecule has 0 spiro atoms. The lowest BCUT2D eigenvalue weighted by molar-refractivity contribution is -0.116. The molecule has 3 aromatic rings. The number of aromatic hydroxyl groups is 1. The van der Waals surface area contributed by atoms with E-state index in [0.29, 0.717) is 18.0 Å². The van der Waals surface area contributed by atoms with E-state index in [0.717, 1.165) is 21.3 Å². The van der Waals surface area contributed by atoms with Crippen LogP contribution in [0.25, 0.3) is 5.69 Å². The molecule has 1 aliphatic rings. The lowest BCUT2D eigenvalue weighted by atomic mass is 9.87. The maximum absolute atomic E-state index is 12.3. The van der Waals surface area contributed by atoms with E-state index in [1.165, 1.54) is 7.11 Å². The monoisotopic (exact) mass is 413 g/mol. The van der Waals surface area contributed by atoms with Crippen LogP contribution in [0.3, 0.4) is 0 Å². The largest absolute Gasteiger partial charge is 0.504 e. The van der Waals surface area contributed by atoms with Crippen LogP contribution in [0.2, 0.25) is 0 Å². The van der Waals surface area contributed by atoms with Gasteiger partial charge in [0.15, 0.2) is 11.5 Å². The summed E-state index contributed by atoms with van der Waals surface area (Å²) < 4.78 is 7.90. The van der Waals surface area contributed by atoms with E-state index in [4.69, 9.17) is 4.74 Å². The lowest BCUT2D eigenvalue weighted by Gasteiger charge is -2.24. The minimum atomic E-state index is -0.155. The van der Waals surface area contributed by atoms with Crippen LogP contribution in [0.1, 0.15) is 23.5 Å². The van der Waals surface area contributed by atoms with Gasteiger partial charge in [-0.2, -0.15) is 5.10 Å². The van der Waals surface area contributed by atoms with Crippen molar-refractivity contribution in [3.63, 3.8) is 0 Å². The minimum Gasteiger partial charge on any atom is -0.504 e. The molecule has 0 radical (unpaired) electrons. The predicted octanol–water partition coefficient (Wildman–Crippen LogP) is 3.82.